The van der Waals surface area contributed by atoms with Gasteiger partial charge in [0.1, 0.15) is 0 Å². The molecule has 0 spiro atoms. The first-order valence-electron chi connectivity index (χ1n) is 10.8. The van der Waals surface area contributed by atoms with Crippen molar-refractivity contribution in [3.05, 3.63) is 23.4 Å². The maximum Gasteiger partial charge on any atom is 0.225 e. The van der Waals surface area contributed by atoms with Crippen molar-refractivity contribution in [1.29, 1.82) is 0 Å². The van der Waals surface area contributed by atoms with E-state index in [1.165, 1.54) is 12.0 Å². The summed E-state index contributed by atoms with van der Waals surface area (Å²) in [5.41, 5.74) is 2.31. The topological polar surface area (TPSA) is 54.9 Å². The standard InChI is InChI=1S/C22H33N3O3/c1-16-10-17(12-23-22(16)27-2)13-24-9-6-19-18(14-24)15-28-20(19)11-21(26)25-7-4-3-5-8-25/h10,12,18-20H,3-9,11,13-15H2,1-2H3/t18-,19-,20+/m1/s1. The monoisotopic (exact) mass is 387 g/mol. The van der Waals surface area contributed by atoms with Crippen molar-refractivity contribution < 1.29 is 14.3 Å². The highest BCUT2D eigenvalue weighted by molar-refractivity contribution is 5.76. The summed E-state index contributed by atoms with van der Waals surface area (Å²) in [5.74, 6) is 2.07. The molecule has 4 rings (SSSR count). The number of aryl methyl sites for hydroxylation is 1. The van der Waals surface area contributed by atoms with Gasteiger partial charge >= 0.3 is 0 Å². The molecule has 28 heavy (non-hydrogen) atoms. The van der Waals surface area contributed by atoms with Crippen molar-refractivity contribution in [2.24, 2.45) is 11.8 Å². The number of amides is 1. The Kier molecular flexibility index (Phi) is 6.16. The molecule has 0 saturated carbocycles. The van der Waals surface area contributed by atoms with E-state index in [4.69, 9.17) is 9.47 Å². The second kappa shape index (κ2) is 8.78. The number of pyridine rings is 1. The van der Waals surface area contributed by atoms with Crippen LogP contribution in [0.3, 0.4) is 0 Å². The Labute approximate surface area is 168 Å². The number of piperidine rings is 2. The molecule has 3 fully saturated rings. The second-order valence-corrected chi connectivity index (χ2v) is 8.63. The summed E-state index contributed by atoms with van der Waals surface area (Å²) in [6.07, 6.45) is 7.28. The zero-order valence-corrected chi connectivity index (χ0v) is 17.2. The molecule has 0 radical (unpaired) electrons. The number of fused-ring (bicyclic) bond motifs is 1. The number of nitrogens with zero attached hydrogens (tertiary/aromatic N) is 3. The largest absolute Gasteiger partial charge is 0.481 e. The number of methoxy groups -OCH3 is 1. The Bertz CT molecular complexity index is 690. The molecule has 1 aromatic rings. The minimum absolute atomic E-state index is 0.117. The maximum atomic E-state index is 12.6. The molecule has 0 bridgehead atoms. The second-order valence-electron chi connectivity index (χ2n) is 8.63. The summed E-state index contributed by atoms with van der Waals surface area (Å²) < 4.78 is 11.4. The Balaban J connectivity index is 1.29. The number of hydrogen-bond acceptors (Lipinski definition) is 5. The highest BCUT2D eigenvalue weighted by atomic mass is 16.5. The van der Waals surface area contributed by atoms with Crippen LogP contribution < -0.4 is 4.74 Å². The van der Waals surface area contributed by atoms with Crippen LogP contribution in [0.4, 0.5) is 0 Å². The van der Waals surface area contributed by atoms with Gasteiger partial charge in [0.05, 0.1) is 26.2 Å². The minimum Gasteiger partial charge on any atom is -0.481 e. The molecule has 0 aromatic carbocycles. The van der Waals surface area contributed by atoms with E-state index in [-0.39, 0.29) is 6.10 Å². The van der Waals surface area contributed by atoms with Crippen LogP contribution in [0.2, 0.25) is 0 Å². The van der Waals surface area contributed by atoms with Gasteiger partial charge in [-0.15, -0.1) is 0 Å². The lowest BCUT2D eigenvalue weighted by molar-refractivity contribution is -0.135. The lowest BCUT2D eigenvalue weighted by Gasteiger charge is -2.36. The maximum absolute atomic E-state index is 12.6. The van der Waals surface area contributed by atoms with Crippen LogP contribution in [0.5, 0.6) is 5.88 Å². The third-order valence-electron chi connectivity index (χ3n) is 6.65. The molecule has 4 heterocycles. The molecule has 1 aromatic heterocycles. The summed E-state index contributed by atoms with van der Waals surface area (Å²) in [6, 6.07) is 2.17. The molecular weight excluding hydrogens is 354 g/mol. The van der Waals surface area contributed by atoms with E-state index < -0.39 is 0 Å². The average molecular weight is 388 g/mol. The molecule has 3 saturated heterocycles. The van der Waals surface area contributed by atoms with E-state index in [2.05, 4.69) is 16.0 Å². The van der Waals surface area contributed by atoms with Gasteiger partial charge < -0.3 is 14.4 Å². The lowest BCUT2D eigenvalue weighted by atomic mass is 9.83. The first kappa shape index (κ1) is 19.6. The van der Waals surface area contributed by atoms with Gasteiger partial charge in [0.15, 0.2) is 0 Å². The smallest absolute Gasteiger partial charge is 0.225 e. The molecule has 0 aliphatic carbocycles. The van der Waals surface area contributed by atoms with Crippen LogP contribution in [0, 0.1) is 18.8 Å². The van der Waals surface area contributed by atoms with Crippen LogP contribution in [0.1, 0.15) is 43.2 Å². The quantitative estimate of drug-likeness (QED) is 0.777. The molecule has 154 valence electrons. The van der Waals surface area contributed by atoms with Crippen molar-refractivity contribution in [3.63, 3.8) is 0 Å². The van der Waals surface area contributed by atoms with Crippen LogP contribution in [-0.2, 0) is 16.1 Å². The van der Waals surface area contributed by atoms with E-state index in [1.807, 2.05) is 18.0 Å². The van der Waals surface area contributed by atoms with Gasteiger partial charge in [0, 0.05) is 43.9 Å². The third-order valence-corrected chi connectivity index (χ3v) is 6.65. The van der Waals surface area contributed by atoms with Crippen molar-refractivity contribution >= 4 is 5.91 Å². The van der Waals surface area contributed by atoms with Gasteiger partial charge in [-0.25, -0.2) is 4.98 Å². The normalized spacial score (nSPS) is 28.2. The molecule has 0 unspecified atom stereocenters. The fourth-order valence-corrected chi connectivity index (χ4v) is 5.14. The van der Waals surface area contributed by atoms with Crippen LogP contribution >= 0.6 is 0 Å². The summed E-state index contributed by atoms with van der Waals surface area (Å²) >= 11 is 0. The van der Waals surface area contributed by atoms with Gasteiger partial charge in [0.25, 0.3) is 0 Å². The average Bonchev–Trinajstić information content (AvgIpc) is 3.11. The molecule has 3 atom stereocenters. The first-order valence-corrected chi connectivity index (χ1v) is 10.8. The molecule has 3 aliphatic rings. The van der Waals surface area contributed by atoms with Gasteiger partial charge in [-0.3, -0.25) is 9.69 Å². The summed E-state index contributed by atoms with van der Waals surface area (Å²) in [7, 11) is 1.66. The fourth-order valence-electron chi connectivity index (χ4n) is 5.14. The predicted octanol–water partition coefficient (Wildman–Crippen LogP) is 2.64. The molecule has 6 heteroatoms. The number of hydrogen-bond donors (Lipinski definition) is 0. The van der Waals surface area contributed by atoms with E-state index in [0.29, 0.717) is 30.0 Å². The highest BCUT2D eigenvalue weighted by Crippen LogP contribution is 2.36. The summed E-state index contributed by atoms with van der Waals surface area (Å²) in [6.45, 7) is 7.72. The van der Waals surface area contributed by atoms with Crippen LogP contribution in [-0.4, -0.2) is 66.7 Å². The highest BCUT2D eigenvalue weighted by Gasteiger charge is 2.42. The van der Waals surface area contributed by atoms with Crippen LogP contribution in [0.15, 0.2) is 12.3 Å². The number of carbonyl (C=O) groups excluding carboxylic acids is 1. The Hall–Kier alpha value is -1.66. The van der Waals surface area contributed by atoms with Gasteiger partial charge in [0.2, 0.25) is 11.8 Å². The lowest BCUT2D eigenvalue weighted by Crippen LogP contribution is -2.43. The first-order chi connectivity index (χ1) is 13.6. The van der Waals surface area contributed by atoms with E-state index in [0.717, 1.165) is 64.2 Å². The van der Waals surface area contributed by atoms with Gasteiger partial charge in [-0.05, 0) is 56.7 Å². The number of carbonyl (C=O) groups is 1. The molecule has 3 aliphatic heterocycles. The molecule has 6 nitrogen and oxygen atoms in total. The Morgan fingerprint density at radius 2 is 2.11 bits per heavy atom. The number of rotatable bonds is 5. The Morgan fingerprint density at radius 3 is 2.86 bits per heavy atom. The predicted molar refractivity (Wildman–Crippen MR) is 107 cm³/mol. The summed E-state index contributed by atoms with van der Waals surface area (Å²) in [5, 5.41) is 0. The van der Waals surface area contributed by atoms with Gasteiger partial charge in [-0.2, -0.15) is 0 Å². The van der Waals surface area contributed by atoms with E-state index in [1.54, 1.807) is 7.11 Å². The zero-order chi connectivity index (χ0) is 19.5. The number of ether oxygens (including phenoxy) is 2. The third kappa shape index (κ3) is 4.33. The van der Waals surface area contributed by atoms with Crippen molar-refractivity contribution in [2.75, 3.05) is 39.9 Å². The Morgan fingerprint density at radius 1 is 1.29 bits per heavy atom. The zero-order valence-electron chi connectivity index (χ0n) is 17.2. The van der Waals surface area contributed by atoms with E-state index in [9.17, 15) is 4.79 Å². The fraction of sp³-hybridized carbons (Fsp3) is 0.727. The number of aromatic nitrogens is 1. The molecular formula is C22H33N3O3. The van der Waals surface area contributed by atoms with E-state index >= 15 is 0 Å². The summed E-state index contributed by atoms with van der Waals surface area (Å²) in [4.78, 5) is 21.6. The van der Waals surface area contributed by atoms with Crippen molar-refractivity contribution in [2.45, 2.75) is 51.7 Å². The van der Waals surface area contributed by atoms with Crippen LogP contribution in [0.25, 0.3) is 0 Å². The molecule has 0 N–H and O–H groups in total. The SMILES string of the molecule is COc1ncc(CN2CC[C@@H]3[C@@H](CO[C@H]3CC(=O)N3CCCCC3)C2)cc1C. The van der Waals surface area contributed by atoms with Crippen molar-refractivity contribution in [1.82, 2.24) is 14.8 Å². The minimum atomic E-state index is 0.117. The number of likely N-dealkylation sites (tertiary alicyclic amines) is 2. The van der Waals surface area contributed by atoms with Gasteiger partial charge in [-0.1, -0.05) is 0 Å². The molecule has 1 amide bonds. The van der Waals surface area contributed by atoms with Crippen molar-refractivity contribution in [3.8, 4) is 5.88 Å².